The van der Waals surface area contributed by atoms with Gasteiger partial charge in [0.25, 0.3) is 0 Å². The molecule has 0 amide bonds. The van der Waals surface area contributed by atoms with Crippen LogP contribution in [0.1, 0.15) is 19.4 Å². The zero-order valence-corrected chi connectivity index (χ0v) is 10.4. The van der Waals surface area contributed by atoms with Crippen LogP contribution in [0.3, 0.4) is 0 Å². The van der Waals surface area contributed by atoms with Crippen molar-refractivity contribution in [2.75, 3.05) is 13.6 Å². The number of hydrogen-bond donors (Lipinski definition) is 0. The largest absolute Gasteiger partial charge is 0.301 e. The van der Waals surface area contributed by atoms with E-state index in [9.17, 15) is 0 Å². The molecule has 0 aromatic heterocycles. The summed E-state index contributed by atoms with van der Waals surface area (Å²) in [4.78, 5) is 2.21. The lowest BCUT2D eigenvalue weighted by molar-refractivity contribution is 0.265. The van der Waals surface area contributed by atoms with E-state index in [4.69, 9.17) is 5.26 Å². The molecule has 1 unspecified atom stereocenters. The fourth-order valence-corrected chi connectivity index (χ4v) is 1.70. The minimum atomic E-state index is 0.119. The normalized spacial score (nSPS) is 12.8. The van der Waals surface area contributed by atoms with E-state index in [2.05, 4.69) is 44.0 Å². The Morgan fingerprint density at radius 2 is 1.88 bits per heavy atom. The van der Waals surface area contributed by atoms with Crippen molar-refractivity contribution in [3.8, 4) is 6.07 Å². The maximum Gasteiger partial charge on any atom is 0.0672 e. The quantitative estimate of drug-likeness (QED) is 0.756. The van der Waals surface area contributed by atoms with Crippen LogP contribution in [0.2, 0.25) is 0 Å². The van der Waals surface area contributed by atoms with Crippen LogP contribution in [0.4, 0.5) is 0 Å². The predicted molar refractivity (Wildman–Crippen MR) is 66.7 cm³/mol. The SMILES string of the molecule is CC(C)C(C#N)CN(C)Cc1ccccc1. The molecule has 0 aliphatic heterocycles. The summed E-state index contributed by atoms with van der Waals surface area (Å²) >= 11 is 0. The van der Waals surface area contributed by atoms with E-state index >= 15 is 0 Å². The summed E-state index contributed by atoms with van der Waals surface area (Å²) in [7, 11) is 2.07. The Morgan fingerprint density at radius 1 is 1.25 bits per heavy atom. The molecule has 1 rings (SSSR count). The van der Waals surface area contributed by atoms with Crippen molar-refractivity contribution in [3.63, 3.8) is 0 Å². The molecule has 0 N–H and O–H groups in total. The Hall–Kier alpha value is -1.33. The second kappa shape index (κ2) is 6.30. The third-order valence-corrected chi connectivity index (χ3v) is 2.77. The molecule has 0 saturated carbocycles. The Labute approximate surface area is 98.5 Å². The van der Waals surface area contributed by atoms with Crippen LogP contribution in [0.15, 0.2) is 30.3 Å². The summed E-state index contributed by atoms with van der Waals surface area (Å²) < 4.78 is 0. The van der Waals surface area contributed by atoms with Crippen LogP contribution in [0.25, 0.3) is 0 Å². The van der Waals surface area contributed by atoms with Gasteiger partial charge in [0.05, 0.1) is 12.0 Å². The van der Waals surface area contributed by atoms with Gasteiger partial charge < -0.3 is 4.90 Å². The van der Waals surface area contributed by atoms with Gasteiger partial charge in [-0.2, -0.15) is 5.26 Å². The molecule has 0 fully saturated rings. The molecule has 0 spiro atoms. The van der Waals surface area contributed by atoms with Gasteiger partial charge in [0.1, 0.15) is 0 Å². The highest BCUT2D eigenvalue weighted by molar-refractivity contribution is 5.14. The zero-order valence-electron chi connectivity index (χ0n) is 10.4. The van der Waals surface area contributed by atoms with E-state index in [1.807, 2.05) is 18.2 Å². The lowest BCUT2D eigenvalue weighted by Crippen LogP contribution is -2.27. The second-order valence-electron chi connectivity index (χ2n) is 4.66. The first-order valence-electron chi connectivity index (χ1n) is 5.75. The molecule has 0 heterocycles. The van der Waals surface area contributed by atoms with Gasteiger partial charge in [-0.1, -0.05) is 44.2 Å². The van der Waals surface area contributed by atoms with E-state index in [-0.39, 0.29) is 5.92 Å². The molecule has 0 radical (unpaired) electrons. The number of hydrogen-bond acceptors (Lipinski definition) is 2. The van der Waals surface area contributed by atoms with E-state index in [0.717, 1.165) is 13.1 Å². The van der Waals surface area contributed by atoms with Crippen LogP contribution in [-0.4, -0.2) is 18.5 Å². The first-order valence-corrected chi connectivity index (χ1v) is 5.75. The average molecular weight is 216 g/mol. The van der Waals surface area contributed by atoms with Crippen LogP contribution in [-0.2, 0) is 6.54 Å². The maximum absolute atomic E-state index is 9.03. The highest BCUT2D eigenvalue weighted by Crippen LogP contribution is 2.12. The van der Waals surface area contributed by atoms with E-state index in [0.29, 0.717) is 5.92 Å². The highest BCUT2D eigenvalue weighted by atomic mass is 15.1. The molecule has 0 saturated heterocycles. The van der Waals surface area contributed by atoms with Gasteiger partial charge in [0.15, 0.2) is 0 Å². The monoisotopic (exact) mass is 216 g/mol. The summed E-state index contributed by atoms with van der Waals surface area (Å²) in [6, 6.07) is 12.7. The fourth-order valence-electron chi connectivity index (χ4n) is 1.70. The topological polar surface area (TPSA) is 27.0 Å². The van der Waals surface area contributed by atoms with Crippen molar-refractivity contribution >= 4 is 0 Å². The van der Waals surface area contributed by atoms with Gasteiger partial charge in [0.2, 0.25) is 0 Å². The Bertz CT molecular complexity index is 338. The highest BCUT2D eigenvalue weighted by Gasteiger charge is 2.14. The Morgan fingerprint density at radius 3 is 2.38 bits per heavy atom. The minimum Gasteiger partial charge on any atom is -0.301 e. The van der Waals surface area contributed by atoms with Gasteiger partial charge in [-0.25, -0.2) is 0 Å². The van der Waals surface area contributed by atoms with Crippen molar-refractivity contribution in [2.45, 2.75) is 20.4 Å². The minimum absolute atomic E-state index is 0.119. The van der Waals surface area contributed by atoms with Crippen molar-refractivity contribution in [2.24, 2.45) is 11.8 Å². The summed E-state index contributed by atoms with van der Waals surface area (Å²) in [5, 5.41) is 9.03. The van der Waals surface area contributed by atoms with Gasteiger partial charge in [-0.05, 0) is 18.5 Å². The van der Waals surface area contributed by atoms with E-state index in [1.54, 1.807) is 0 Å². The van der Waals surface area contributed by atoms with Crippen LogP contribution in [0, 0.1) is 23.2 Å². The molecule has 2 nitrogen and oxygen atoms in total. The van der Waals surface area contributed by atoms with E-state index in [1.165, 1.54) is 5.56 Å². The van der Waals surface area contributed by atoms with Crippen LogP contribution < -0.4 is 0 Å². The molecule has 86 valence electrons. The van der Waals surface area contributed by atoms with Gasteiger partial charge in [0, 0.05) is 13.1 Å². The smallest absolute Gasteiger partial charge is 0.0672 e. The number of rotatable bonds is 5. The first kappa shape index (κ1) is 12.7. The lowest BCUT2D eigenvalue weighted by Gasteiger charge is -2.21. The molecule has 1 aromatic carbocycles. The molecule has 2 heteroatoms. The Kier molecular flexibility index (Phi) is 5.01. The summed E-state index contributed by atoms with van der Waals surface area (Å²) in [6.07, 6.45) is 0. The van der Waals surface area contributed by atoms with Crippen LogP contribution in [0.5, 0.6) is 0 Å². The summed E-state index contributed by atoms with van der Waals surface area (Å²) in [5.41, 5.74) is 1.30. The van der Waals surface area contributed by atoms with Crippen molar-refractivity contribution in [3.05, 3.63) is 35.9 Å². The molecule has 1 aromatic rings. The maximum atomic E-state index is 9.03. The predicted octanol–water partition coefficient (Wildman–Crippen LogP) is 2.91. The zero-order chi connectivity index (χ0) is 12.0. The third kappa shape index (κ3) is 4.04. The van der Waals surface area contributed by atoms with E-state index < -0.39 is 0 Å². The summed E-state index contributed by atoms with van der Waals surface area (Å²) in [5.74, 6) is 0.539. The lowest BCUT2D eigenvalue weighted by atomic mass is 9.97. The molecule has 16 heavy (non-hydrogen) atoms. The summed E-state index contributed by atoms with van der Waals surface area (Å²) in [6.45, 7) is 5.95. The second-order valence-corrected chi connectivity index (χ2v) is 4.66. The van der Waals surface area contributed by atoms with Crippen molar-refractivity contribution in [1.29, 1.82) is 5.26 Å². The molecule has 0 aliphatic rings. The molecular formula is C14H20N2. The van der Waals surface area contributed by atoms with Crippen molar-refractivity contribution in [1.82, 2.24) is 4.90 Å². The average Bonchev–Trinajstić information content (AvgIpc) is 2.27. The van der Waals surface area contributed by atoms with Gasteiger partial charge >= 0.3 is 0 Å². The number of nitriles is 1. The standard InChI is InChI=1S/C14H20N2/c1-12(2)14(9-15)11-16(3)10-13-7-5-4-6-8-13/h4-8,12,14H,10-11H2,1-3H3. The van der Waals surface area contributed by atoms with Gasteiger partial charge in [-0.15, -0.1) is 0 Å². The van der Waals surface area contributed by atoms with Crippen molar-refractivity contribution < 1.29 is 0 Å². The third-order valence-electron chi connectivity index (χ3n) is 2.77. The van der Waals surface area contributed by atoms with Gasteiger partial charge in [-0.3, -0.25) is 0 Å². The first-order chi connectivity index (χ1) is 7.63. The number of nitrogens with zero attached hydrogens (tertiary/aromatic N) is 2. The molecular weight excluding hydrogens is 196 g/mol. The molecule has 1 atom stereocenters. The Balaban J connectivity index is 2.48. The molecule has 0 bridgehead atoms. The fraction of sp³-hybridized carbons (Fsp3) is 0.500. The molecule has 0 aliphatic carbocycles. The van der Waals surface area contributed by atoms with Crippen LogP contribution >= 0.6 is 0 Å². The number of benzene rings is 1.